The van der Waals surface area contributed by atoms with Crippen LogP contribution in [0, 0.1) is 12.8 Å². The molecule has 1 N–H and O–H groups in total. The van der Waals surface area contributed by atoms with Gasteiger partial charge >= 0.3 is 0 Å². The molecule has 0 bridgehead atoms. The summed E-state index contributed by atoms with van der Waals surface area (Å²) in [6.07, 6.45) is 0.573. The van der Waals surface area contributed by atoms with E-state index in [4.69, 9.17) is 11.6 Å². The third-order valence-corrected chi connectivity index (χ3v) is 6.19. The fourth-order valence-corrected chi connectivity index (χ4v) is 4.15. The maximum Gasteiger partial charge on any atom is 0.242 e. The van der Waals surface area contributed by atoms with Gasteiger partial charge in [0.2, 0.25) is 11.8 Å². The molecule has 0 radical (unpaired) electrons. The molecule has 0 aliphatic rings. The van der Waals surface area contributed by atoms with Crippen molar-refractivity contribution < 1.29 is 9.59 Å². The number of carbonyl (C=O) groups excluding carboxylic acids is 2. The zero-order chi connectivity index (χ0) is 22.8. The van der Waals surface area contributed by atoms with Gasteiger partial charge in [0.25, 0.3) is 0 Å². The first-order valence-electron chi connectivity index (χ1n) is 10.7. The van der Waals surface area contributed by atoms with Crippen LogP contribution in [0.4, 0.5) is 0 Å². The Kier molecular flexibility index (Phi) is 10.4. The molecule has 0 saturated carbocycles. The summed E-state index contributed by atoms with van der Waals surface area (Å²) in [7, 11) is 0. The van der Waals surface area contributed by atoms with Crippen LogP contribution in [-0.4, -0.2) is 35.1 Å². The Morgan fingerprint density at radius 1 is 1.03 bits per heavy atom. The largest absolute Gasteiger partial charge is 0.354 e. The van der Waals surface area contributed by atoms with E-state index < -0.39 is 6.04 Å². The highest BCUT2D eigenvalue weighted by Crippen LogP contribution is 2.19. The predicted octanol–water partition coefficient (Wildman–Crippen LogP) is 5.46. The monoisotopic (exact) mass is 460 g/mol. The average Bonchev–Trinajstić information content (AvgIpc) is 2.74. The standard InChI is InChI=1S/C25H33ClN2O2S/c1-5-23(25(30)27-14-18(2)3)28(15-20-8-6-19(4)7-9-20)24(29)17-31-16-21-10-12-22(26)13-11-21/h6-13,18,23H,5,14-17H2,1-4H3,(H,27,30)/t23-/m1/s1. The van der Waals surface area contributed by atoms with Gasteiger partial charge in [-0.05, 0) is 42.5 Å². The van der Waals surface area contributed by atoms with Gasteiger partial charge in [0.1, 0.15) is 6.04 Å². The minimum atomic E-state index is -0.483. The van der Waals surface area contributed by atoms with E-state index in [1.807, 2.05) is 62.4 Å². The van der Waals surface area contributed by atoms with Crippen LogP contribution in [0.5, 0.6) is 0 Å². The molecular formula is C25H33ClN2O2S. The Morgan fingerprint density at radius 3 is 2.23 bits per heavy atom. The number of aryl methyl sites for hydroxylation is 1. The van der Waals surface area contributed by atoms with Gasteiger partial charge in [-0.1, -0.05) is 74.3 Å². The number of hydrogen-bond donors (Lipinski definition) is 1. The molecule has 0 fully saturated rings. The minimum Gasteiger partial charge on any atom is -0.354 e. The summed E-state index contributed by atoms with van der Waals surface area (Å²) >= 11 is 7.50. The van der Waals surface area contributed by atoms with E-state index >= 15 is 0 Å². The lowest BCUT2D eigenvalue weighted by Crippen LogP contribution is -2.50. The van der Waals surface area contributed by atoms with Gasteiger partial charge in [-0.25, -0.2) is 0 Å². The molecule has 6 heteroatoms. The normalized spacial score (nSPS) is 11.9. The Labute approximate surface area is 195 Å². The molecule has 31 heavy (non-hydrogen) atoms. The lowest BCUT2D eigenvalue weighted by atomic mass is 10.1. The molecule has 0 heterocycles. The van der Waals surface area contributed by atoms with Crippen LogP contribution >= 0.6 is 23.4 Å². The van der Waals surface area contributed by atoms with Crippen molar-refractivity contribution >= 4 is 35.2 Å². The van der Waals surface area contributed by atoms with Crippen molar-refractivity contribution in [2.24, 2.45) is 5.92 Å². The minimum absolute atomic E-state index is 0.0221. The second-order valence-corrected chi connectivity index (χ2v) is 9.61. The molecule has 0 unspecified atom stereocenters. The third kappa shape index (κ3) is 8.58. The second kappa shape index (κ2) is 12.8. The van der Waals surface area contributed by atoms with Gasteiger partial charge in [0.15, 0.2) is 0 Å². The van der Waals surface area contributed by atoms with Crippen molar-refractivity contribution in [3.05, 3.63) is 70.2 Å². The van der Waals surface area contributed by atoms with Gasteiger partial charge in [0.05, 0.1) is 5.75 Å². The van der Waals surface area contributed by atoms with Crippen molar-refractivity contribution in [2.75, 3.05) is 12.3 Å². The lowest BCUT2D eigenvalue weighted by molar-refractivity contribution is -0.139. The molecular weight excluding hydrogens is 428 g/mol. The Balaban J connectivity index is 2.10. The number of hydrogen-bond acceptors (Lipinski definition) is 3. The van der Waals surface area contributed by atoms with Crippen LogP contribution < -0.4 is 5.32 Å². The van der Waals surface area contributed by atoms with Crippen LogP contribution in [0.25, 0.3) is 0 Å². The molecule has 168 valence electrons. The summed E-state index contributed by atoms with van der Waals surface area (Å²) in [6, 6.07) is 15.3. The van der Waals surface area contributed by atoms with Gasteiger partial charge in [-0.3, -0.25) is 9.59 Å². The zero-order valence-corrected chi connectivity index (χ0v) is 20.4. The smallest absolute Gasteiger partial charge is 0.242 e. The fraction of sp³-hybridized carbons (Fsp3) is 0.440. The Morgan fingerprint density at radius 2 is 1.65 bits per heavy atom. The van der Waals surface area contributed by atoms with Gasteiger partial charge in [-0.15, -0.1) is 11.8 Å². The van der Waals surface area contributed by atoms with Crippen molar-refractivity contribution in [3.63, 3.8) is 0 Å². The molecule has 1 atom stereocenters. The number of carbonyl (C=O) groups is 2. The number of nitrogens with one attached hydrogen (secondary N) is 1. The van der Waals surface area contributed by atoms with E-state index in [0.29, 0.717) is 36.2 Å². The summed E-state index contributed by atoms with van der Waals surface area (Å²) in [4.78, 5) is 27.8. The summed E-state index contributed by atoms with van der Waals surface area (Å²) in [5.41, 5.74) is 3.31. The van der Waals surface area contributed by atoms with Crippen LogP contribution in [0.15, 0.2) is 48.5 Å². The van der Waals surface area contributed by atoms with Crippen molar-refractivity contribution in [1.82, 2.24) is 10.2 Å². The summed E-state index contributed by atoms with van der Waals surface area (Å²) < 4.78 is 0. The van der Waals surface area contributed by atoms with Crippen LogP contribution in [0.1, 0.15) is 43.9 Å². The fourth-order valence-electron chi connectivity index (χ4n) is 3.15. The Hall–Kier alpha value is -1.98. The summed E-state index contributed by atoms with van der Waals surface area (Å²) in [6.45, 7) is 9.14. The quantitative estimate of drug-likeness (QED) is 0.484. The first-order valence-corrected chi connectivity index (χ1v) is 12.3. The molecule has 2 amide bonds. The van der Waals surface area contributed by atoms with Gasteiger partial charge < -0.3 is 10.2 Å². The molecule has 0 saturated heterocycles. The van der Waals surface area contributed by atoms with Crippen molar-refractivity contribution in [3.8, 4) is 0 Å². The summed E-state index contributed by atoms with van der Waals surface area (Å²) in [5.74, 6) is 1.29. The SMILES string of the molecule is CC[C@H](C(=O)NCC(C)C)N(Cc1ccc(C)cc1)C(=O)CSCc1ccc(Cl)cc1. The molecule has 2 aromatic carbocycles. The van der Waals surface area contributed by atoms with Gasteiger partial charge in [0, 0.05) is 23.9 Å². The number of amides is 2. The van der Waals surface area contributed by atoms with Crippen LogP contribution in [-0.2, 0) is 21.9 Å². The third-order valence-electron chi connectivity index (χ3n) is 4.95. The predicted molar refractivity (Wildman–Crippen MR) is 131 cm³/mol. The first kappa shape index (κ1) is 25.3. The van der Waals surface area contributed by atoms with Crippen molar-refractivity contribution in [2.45, 2.75) is 52.5 Å². The van der Waals surface area contributed by atoms with E-state index in [0.717, 1.165) is 16.9 Å². The molecule has 0 aromatic heterocycles. The average molecular weight is 461 g/mol. The molecule has 0 aliphatic heterocycles. The van der Waals surface area contributed by atoms with E-state index in [2.05, 4.69) is 19.2 Å². The highest BCUT2D eigenvalue weighted by Gasteiger charge is 2.28. The molecule has 0 aliphatic carbocycles. The molecule has 2 rings (SSSR count). The van der Waals surface area contributed by atoms with Crippen LogP contribution in [0.2, 0.25) is 5.02 Å². The second-order valence-electron chi connectivity index (χ2n) is 8.19. The number of rotatable bonds is 11. The Bertz CT molecular complexity index is 838. The zero-order valence-electron chi connectivity index (χ0n) is 18.9. The van der Waals surface area contributed by atoms with Crippen molar-refractivity contribution in [1.29, 1.82) is 0 Å². The molecule has 2 aromatic rings. The van der Waals surface area contributed by atoms with E-state index in [1.54, 1.807) is 16.7 Å². The highest BCUT2D eigenvalue weighted by atomic mass is 35.5. The number of thioether (sulfide) groups is 1. The first-order chi connectivity index (χ1) is 14.8. The highest BCUT2D eigenvalue weighted by molar-refractivity contribution is 7.99. The molecule has 4 nitrogen and oxygen atoms in total. The topological polar surface area (TPSA) is 49.4 Å². The lowest BCUT2D eigenvalue weighted by Gasteiger charge is -2.31. The summed E-state index contributed by atoms with van der Waals surface area (Å²) in [5, 5.41) is 3.70. The number of nitrogens with zero attached hydrogens (tertiary/aromatic N) is 1. The number of benzene rings is 2. The van der Waals surface area contributed by atoms with E-state index in [-0.39, 0.29) is 11.8 Å². The van der Waals surface area contributed by atoms with E-state index in [9.17, 15) is 9.59 Å². The maximum atomic E-state index is 13.2. The molecule has 0 spiro atoms. The number of halogens is 1. The van der Waals surface area contributed by atoms with Gasteiger partial charge in [-0.2, -0.15) is 0 Å². The van der Waals surface area contributed by atoms with Crippen LogP contribution in [0.3, 0.4) is 0 Å². The van der Waals surface area contributed by atoms with E-state index in [1.165, 1.54) is 5.56 Å². The maximum absolute atomic E-state index is 13.2.